The molecule has 0 saturated carbocycles. The highest BCUT2D eigenvalue weighted by molar-refractivity contribution is 5.73. The number of ether oxygens (including phenoxy) is 2. The maximum atomic E-state index is 6.23. The molecular formula is C19H18O2. The average molecular weight is 278 g/mol. The fourth-order valence-corrected chi connectivity index (χ4v) is 4.41. The van der Waals surface area contributed by atoms with Crippen LogP contribution in [0.15, 0.2) is 48.5 Å². The fraction of sp³-hybridized carbons (Fsp3) is 0.368. The molecule has 106 valence electrons. The summed E-state index contributed by atoms with van der Waals surface area (Å²) in [7, 11) is 0. The highest BCUT2D eigenvalue weighted by atomic mass is 16.5. The minimum absolute atomic E-state index is 0.180. The third-order valence-corrected chi connectivity index (χ3v) is 5.34. The van der Waals surface area contributed by atoms with Gasteiger partial charge in [0.25, 0.3) is 0 Å². The van der Waals surface area contributed by atoms with E-state index in [0.717, 1.165) is 19.6 Å². The molecule has 2 nitrogen and oxygen atoms in total. The molecule has 2 fully saturated rings. The van der Waals surface area contributed by atoms with Gasteiger partial charge in [-0.15, -0.1) is 0 Å². The molecule has 5 rings (SSSR count). The van der Waals surface area contributed by atoms with Crippen molar-refractivity contribution in [1.29, 1.82) is 0 Å². The Labute approximate surface area is 124 Å². The van der Waals surface area contributed by atoms with E-state index in [-0.39, 0.29) is 12.2 Å². The van der Waals surface area contributed by atoms with Crippen LogP contribution in [0.5, 0.6) is 0 Å². The zero-order valence-corrected chi connectivity index (χ0v) is 11.9. The van der Waals surface area contributed by atoms with Crippen molar-refractivity contribution in [3.05, 3.63) is 59.7 Å². The highest BCUT2D eigenvalue weighted by Gasteiger charge is 2.48. The lowest BCUT2D eigenvalue weighted by atomic mass is 9.79. The quantitative estimate of drug-likeness (QED) is 0.721. The number of fused-ring (bicyclic) bond motifs is 5. The van der Waals surface area contributed by atoms with E-state index in [1.165, 1.54) is 22.3 Å². The Morgan fingerprint density at radius 2 is 1.38 bits per heavy atom. The first kappa shape index (κ1) is 12.0. The van der Waals surface area contributed by atoms with E-state index in [1.807, 2.05) is 0 Å². The van der Waals surface area contributed by atoms with E-state index in [1.54, 1.807) is 0 Å². The van der Waals surface area contributed by atoms with Gasteiger partial charge >= 0.3 is 0 Å². The van der Waals surface area contributed by atoms with Crippen LogP contribution in [0.1, 0.15) is 29.8 Å². The molecule has 0 bridgehead atoms. The Morgan fingerprint density at radius 3 is 2.10 bits per heavy atom. The zero-order valence-electron chi connectivity index (χ0n) is 11.9. The Morgan fingerprint density at radius 1 is 0.762 bits per heavy atom. The topological polar surface area (TPSA) is 18.5 Å². The van der Waals surface area contributed by atoms with Gasteiger partial charge in [-0.25, -0.2) is 0 Å². The van der Waals surface area contributed by atoms with Crippen LogP contribution in [0.25, 0.3) is 11.1 Å². The van der Waals surface area contributed by atoms with Crippen molar-refractivity contribution in [2.45, 2.75) is 18.6 Å². The molecule has 2 heterocycles. The van der Waals surface area contributed by atoms with Gasteiger partial charge in [-0.3, -0.25) is 0 Å². The lowest BCUT2D eigenvalue weighted by molar-refractivity contribution is -0.0591. The van der Waals surface area contributed by atoms with E-state index < -0.39 is 0 Å². The molecule has 2 aliphatic heterocycles. The summed E-state index contributed by atoms with van der Waals surface area (Å²) in [5, 5.41) is 0. The van der Waals surface area contributed by atoms with Gasteiger partial charge in [-0.05, 0) is 34.6 Å². The van der Waals surface area contributed by atoms with E-state index in [9.17, 15) is 0 Å². The van der Waals surface area contributed by atoms with Gasteiger partial charge in [0.15, 0.2) is 0 Å². The predicted molar refractivity (Wildman–Crippen MR) is 80.9 cm³/mol. The molecule has 0 aromatic heterocycles. The maximum Gasteiger partial charge on any atom is 0.0890 e. The second kappa shape index (κ2) is 4.43. The Bertz CT molecular complexity index is 684. The molecule has 21 heavy (non-hydrogen) atoms. The molecule has 0 N–H and O–H groups in total. The van der Waals surface area contributed by atoms with Crippen LogP contribution in [0, 0.1) is 11.8 Å². The Kier molecular flexibility index (Phi) is 2.52. The largest absolute Gasteiger partial charge is 0.373 e. The SMILES string of the molecule is c1ccc2c(c1)-c1ccccc1[C@@H]1OC[C@@H]3CCO[C@H]2[C@H]31. The Balaban J connectivity index is 1.81. The summed E-state index contributed by atoms with van der Waals surface area (Å²) in [4.78, 5) is 0. The number of benzene rings is 2. The maximum absolute atomic E-state index is 6.23. The van der Waals surface area contributed by atoms with Gasteiger partial charge in [-0.1, -0.05) is 48.5 Å². The highest BCUT2D eigenvalue weighted by Crippen LogP contribution is 2.55. The van der Waals surface area contributed by atoms with Gasteiger partial charge < -0.3 is 9.47 Å². The summed E-state index contributed by atoms with van der Waals surface area (Å²) in [6, 6.07) is 17.4. The van der Waals surface area contributed by atoms with E-state index >= 15 is 0 Å². The molecule has 0 radical (unpaired) electrons. The smallest absolute Gasteiger partial charge is 0.0890 e. The molecule has 3 aliphatic rings. The van der Waals surface area contributed by atoms with Crippen molar-refractivity contribution in [2.24, 2.45) is 11.8 Å². The molecule has 2 saturated heterocycles. The van der Waals surface area contributed by atoms with Crippen molar-refractivity contribution >= 4 is 0 Å². The van der Waals surface area contributed by atoms with E-state index in [0.29, 0.717) is 11.8 Å². The third-order valence-electron chi connectivity index (χ3n) is 5.34. The molecule has 2 heteroatoms. The molecule has 0 spiro atoms. The second-order valence-corrected chi connectivity index (χ2v) is 6.35. The zero-order chi connectivity index (χ0) is 13.8. The van der Waals surface area contributed by atoms with Crippen molar-refractivity contribution < 1.29 is 9.47 Å². The van der Waals surface area contributed by atoms with Gasteiger partial charge in [-0.2, -0.15) is 0 Å². The van der Waals surface area contributed by atoms with Crippen LogP contribution in [0.2, 0.25) is 0 Å². The fourth-order valence-electron chi connectivity index (χ4n) is 4.41. The first-order valence-corrected chi connectivity index (χ1v) is 7.85. The third kappa shape index (κ3) is 1.60. The summed E-state index contributed by atoms with van der Waals surface area (Å²) >= 11 is 0. The lowest BCUT2D eigenvalue weighted by Crippen LogP contribution is -2.30. The van der Waals surface area contributed by atoms with Gasteiger partial charge in [0.05, 0.1) is 18.8 Å². The van der Waals surface area contributed by atoms with Crippen molar-refractivity contribution in [3.63, 3.8) is 0 Å². The molecular weight excluding hydrogens is 260 g/mol. The summed E-state index contributed by atoms with van der Waals surface area (Å²) < 4.78 is 12.4. The minimum Gasteiger partial charge on any atom is -0.373 e. The minimum atomic E-state index is 0.180. The summed E-state index contributed by atoms with van der Waals surface area (Å²) in [6.45, 7) is 1.73. The molecule has 0 unspecified atom stereocenters. The van der Waals surface area contributed by atoms with E-state index in [4.69, 9.17) is 9.47 Å². The van der Waals surface area contributed by atoms with Crippen molar-refractivity contribution in [3.8, 4) is 11.1 Å². The first-order chi connectivity index (χ1) is 10.4. The van der Waals surface area contributed by atoms with Crippen LogP contribution < -0.4 is 0 Å². The number of rotatable bonds is 0. The predicted octanol–water partition coefficient (Wildman–Crippen LogP) is 4.13. The van der Waals surface area contributed by atoms with Gasteiger partial charge in [0.1, 0.15) is 0 Å². The van der Waals surface area contributed by atoms with Crippen molar-refractivity contribution in [2.75, 3.05) is 13.2 Å². The molecule has 2 aromatic carbocycles. The van der Waals surface area contributed by atoms with Crippen LogP contribution in [-0.4, -0.2) is 13.2 Å². The van der Waals surface area contributed by atoms with Crippen LogP contribution in [0.4, 0.5) is 0 Å². The van der Waals surface area contributed by atoms with E-state index in [2.05, 4.69) is 48.5 Å². The van der Waals surface area contributed by atoms with Crippen molar-refractivity contribution in [1.82, 2.24) is 0 Å². The monoisotopic (exact) mass is 278 g/mol. The first-order valence-electron chi connectivity index (χ1n) is 7.85. The number of hydrogen-bond donors (Lipinski definition) is 0. The number of hydrogen-bond acceptors (Lipinski definition) is 2. The van der Waals surface area contributed by atoms with Crippen LogP contribution in [0.3, 0.4) is 0 Å². The second-order valence-electron chi connectivity index (χ2n) is 6.35. The normalized spacial score (nSPS) is 32.8. The molecule has 4 atom stereocenters. The van der Waals surface area contributed by atoms with Gasteiger partial charge in [0, 0.05) is 12.5 Å². The summed E-state index contributed by atoms with van der Waals surface area (Å²) in [6.07, 6.45) is 1.49. The summed E-state index contributed by atoms with van der Waals surface area (Å²) in [5.74, 6) is 1.09. The van der Waals surface area contributed by atoms with Crippen LogP contribution >= 0.6 is 0 Å². The summed E-state index contributed by atoms with van der Waals surface area (Å²) in [5.41, 5.74) is 5.31. The molecule has 1 aliphatic carbocycles. The average Bonchev–Trinajstić information content (AvgIpc) is 2.94. The molecule has 2 aromatic rings. The standard InChI is InChI=1S/C19H18O2/c1-3-7-15-13(5-1)14-6-2-4-8-16(14)19-17-12(11-21-19)9-10-20-18(15)17/h1-8,12,17-19H,9-11H2/t12-,17-,18+,19-/m0/s1. The Hall–Kier alpha value is -1.64. The molecule has 0 amide bonds. The lowest BCUT2D eigenvalue weighted by Gasteiger charge is -2.35. The van der Waals surface area contributed by atoms with Gasteiger partial charge in [0.2, 0.25) is 0 Å². The van der Waals surface area contributed by atoms with Crippen LogP contribution in [-0.2, 0) is 9.47 Å².